The van der Waals surface area contributed by atoms with E-state index in [2.05, 4.69) is 10.3 Å². The predicted molar refractivity (Wildman–Crippen MR) is 88.5 cm³/mol. The van der Waals surface area contributed by atoms with Gasteiger partial charge in [-0.05, 0) is 44.0 Å². The van der Waals surface area contributed by atoms with E-state index in [0.717, 1.165) is 22.4 Å². The molecule has 0 saturated carbocycles. The Morgan fingerprint density at radius 1 is 1.36 bits per heavy atom. The van der Waals surface area contributed by atoms with Crippen LogP contribution >= 0.6 is 23.2 Å². The summed E-state index contributed by atoms with van der Waals surface area (Å²) in [7, 11) is 0. The summed E-state index contributed by atoms with van der Waals surface area (Å²) >= 11 is 11.9. The van der Waals surface area contributed by atoms with Crippen molar-refractivity contribution in [2.24, 2.45) is 0 Å². The van der Waals surface area contributed by atoms with E-state index in [4.69, 9.17) is 23.2 Å². The lowest BCUT2D eigenvalue weighted by Gasteiger charge is -2.08. The van der Waals surface area contributed by atoms with Crippen molar-refractivity contribution < 1.29 is 9.90 Å². The SMILES string of the molecule is Cc1[nH]c(C(=O)NCc2ccc(Cl)cc2Cl)c(C)c1[C@@H](C)O. The Morgan fingerprint density at radius 3 is 2.59 bits per heavy atom. The van der Waals surface area contributed by atoms with Crippen molar-refractivity contribution in [1.82, 2.24) is 10.3 Å². The molecule has 1 atom stereocenters. The monoisotopic (exact) mass is 340 g/mol. The Bertz CT molecular complexity index is 708. The number of aryl methyl sites for hydroxylation is 1. The van der Waals surface area contributed by atoms with Gasteiger partial charge in [-0.25, -0.2) is 0 Å². The summed E-state index contributed by atoms with van der Waals surface area (Å²) in [5.74, 6) is -0.237. The largest absolute Gasteiger partial charge is 0.389 e. The second-order valence-corrected chi connectivity index (χ2v) is 6.10. The number of hydrogen-bond acceptors (Lipinski definition) is 2. The van der Waals surface area contributed by atoms with E-state index in [1.807, 2.05) is 13.8 Å². The van der Waals surface area contributed by atoms with Crippen molar-refractivity contribution in [2.45, 2.75) is 33.4 Å². The minimum Gasteiger partial charge on any atom is -0.389 e. The molecule has 0 aliphatic rings. The number of carbonyl (C=O) groups is 1. The van der Waals surface area contributed by atoms with Gasteiger partial charge in [0.15, 0.2) is 0 Å². The molecule has 118 valence electrons. The molecule has 1 aromatic carbocycles. The maximum Gasteiger partial charge on any atom is 0.268 e. The van der Waals surface area contributed by atoms with E-state index in [1.165, 1.54) is 0 Å². The van der Waals surface area contributed by atoms with E-state index in [-0.39, 0.29) is 5.91 Å². The molecule has 0 bridgehead atoms. The van der Waals surface area contributed by atoms with Crippen molar-refractivity contribution >= 4 is 29.1 Å². The van der Waals surface area contributed by atoms with Gasteiger partial charge in [0, 0.05) is 27.8 Å². The molecule has 3 N–H and O–H groups in total. The van der Waals surface area contributed by atoms with E-state index < -0.39 is 6.10 Å². The molecule has 0 aliphatic heterocycles. The van der Waals surface area contributed by atoms with Gasteiger partial charge in [0.1, 0.15) is 5.69 Å². The summed E-state index contributed by atoms with van der Waals surface area (Å²) in [5.41, 5.74) is 3.55. The minimum absolute atomic E-state index is 0.237. The number of halogens is 2. The Hall–Kier alpha value is -1.49. The third-order valence-electron chi connectivity index (χ3n) is 3.59. The molecule has 6 heteroatoms. The first-order valence-corrected chi connectivity index (χ1v) is 7.66. The quantitative estimate of drug-likeness (QED) is 0.789. The number of benzene rings is 1. The zero-order valence-corrected chi connectivity index (χ0v) is 14.1. The number of rotatable bonds is 4. The summed E-state index contributed by atoms with van der Waals surface area (Å²) in [5, 5.41) is 13.6. The zero-order valence-electron chi connectivity index (χ0n) is 12.6. The number of H-pyrrole nitrogens is 1. The van der Waals surface area contributed by atoms with Crippen LogP contribution in [0.3, 0.4) is 0 Å². The summed E-state index contributed by atoms with van der Waals surface area (Å²) in [6.45, 7) is 5.63. The Labute approximate surface area is 139 Å². The fraction of sp³-hybridized carbons (Fsp3) is 0.312. The Morgan fingerprint density at radius 2 is 2.05 bits per heavy atom. The van der Waals surface area contributed by atoms with E-state index >= 15 is 0 Å². The molecule has 0 aliphatic carbocycles. The van der Waals surface area contributed by atoms with Gasteiger partial charge in [-0.15, -0.1) is 0 Å². The molecule has 0 spiro atoms. The highest BCUT2D eigenvalue weighted by Crippen LogP contribution is 2.25. The molecule has 0 saturated heterocycles. The molecule has 1 aromatic heterocycles. The fourth-order valence-corrected chi connectivity index (χ4v) is 3.02. The number of aromatic amines is 1. The molecular weight excluding hydrogens is 323 g/mol. The zero-order chi connectivity index (χ0) is 16.4. The highest BCUT2D eigenvalue weighted by molar-refractivity contribution is 6.35. The first-order valence-electron chi connectivity index (χ1n) is 6.90. The second kappa shape index (κ2) is 6.73. The fourth-order valence-electron chi connectivity index (χ4n) is 2.55. The maximum absolute atomic E-state index is 12.3. The van der Waals surface area contributed by atoms with Crippen molar-refractivity contribution in [3.05, 3.63) is 56.3 Å². The van der Waals surface area contributed by atoms with E-state index in [9.17, 15) is 9.90 Å². The molecule has 1 heterocycles. The van der Waals surface area contributed by atoms with Gasteiger partial charge in [0.05, 0.1) is 6.10 Å². The van der Waals surface area contributed by atoms with Crippen molar-refractivity contribution in [2.75, 3.05) is 0 Å². The molecular formula is C16H18Cl2N2O2. The van der Waals surface area contributed by atoms with Crippen LogP contribution in [0, 0.1) is 13.8 Å². The van der Waals surface area contributed by atoms with Crippen molar-refractivity contribution in [1.29, 1.82) is 0 Å². The van der Waals surface area contributed by atoms with Gasteiger partial charge in [-0.3, -0.25) is 4.79 Å². The van der Waals surface area contributed by atoms with Crippen molar-refractivity contribution in [3.8, 4) is 0 Å². The van der Waals surface area contributed by atoms with Crippen LogP contribution in [0.2, 0.25) is 10.0 Å². The number of aliphatic hydroxyl groups is 1. The summed E-state index contributed by atoms with van der Waals surface area (Å²) < 4.78 is 0. The average molecular weight is 341 g/mol. The van der Waals surface area contributed by atoms with E-state index in [1.54, 1.807) is 25.1 Å². The maximum atomic E-state index is 12.3. The molecule has 2 aromatic rings. The summed E-state index contributed by atoms with van der Waals surface area (Å²) in [6.07, 6.45) is -0.622. The highest BCUT2D eigenvalue weighted by Gasteiger charge is 2.19. The average Bonchev–Trinajstić information content (AvgIpc) is 2.72. The number of hydrogen-bond donors (Lipinski definition) is 3. The lowest BCUT2D eigenvalue weighted by molar-refractivity contribution is 0.0945. The molecule has 0 radical (unpaired) electrons. The number of amides is 1. The second-order valence-electron chi connectivity index (χ2n) is 5.26. The topological polar surface area (TPSA) is 65.1 Å². The number of aromatic nitrogens is 1. The number of nitrogens with one attached hydrogen (secondary N) is 2. The predicted octanol–water partition coefficient (Wildman–Crippen LogP) is 3.92. The lowest BCUT2D eigenvalue weighted by atomic mass is 10.1. The first-order chi connectivity index (χ1) is 10.3. The molecule has 4 nitrogen and oxygen atoms in total. The van der Waals surface area contributed by atoms with Crippen LogP contribution in [0.1, 0.15) is 45.9 Å². The van der Waals surface area contributed by atoms with Gasteiger partial charge in [0.25, 0.3) is 5.91 Å². The van der Waals surface area contributed by atoms with Crippen LogP contribution in [0.5, 0.6) is 0 Å². The van der Waals surface area contributed by atoms with Crippen LogP contribution in [0.15, 0.2) is 18.2 Å². The van der Waals surface area contributed by atoms with Crippen LogP contribution in [0.4, 0.5) is 0 Å². The van der Waals surface area contributed by atoms with Gasteiger partial charge in [0.2, 0.25) is 0 Å². The number of carbonyl (C=O) groups excluding carboxylic acids is 1. The van der Waals surface area contributed by atoms with Crippen LogP contribution in [-0.4, -0.2) is 16.0 Å². The Kier molecular flexibility index (Phi) is 5.16. The molecule has 1 amide bonds. The first kappa shape index (κ1) is 16.9. The third-order valence-corrected chi connectivity index (χ3v) is 4.18. The molecule has 22 heavy (non-hydrogen) atoms. The Balaban J connectivity index is 2.15. The smallest absolute Gasteiger partial charge is 0.268 e. The molecule has 2 rings (SSSR count). The van der Waals surface area contributed by atoms with Crippen LogP contribution in [-0.2, 0) is 6.54 Å². The van der Waals surface area contributed by atoms with Gasteiger partial charge >= 0.3 is 0 Å². The lowest BCUT2D eigenvalue weighted by Crippen LogP contribution is -2.24. The van der Waals surface area contributed by atoms with Crippen LogP contribution in [0.25, 0.3) is 0 Å². The van der Waals surface area contributed by atoms with Gasteiger partial charge in [-0.1, -0.05) is 29.3 Å². The summed E-state index contributed by atoms with van der Waals surface area (Å²) in [4.78, 5) is 15.3. The number of aliphatic hydroxyl groups excluding tert-OH is 1. The standard InChI is InChI=1S/C16H18Cl2N2O2/c1-8-14(10(3)21)9(2)20-15(8)16(22)19-7-11-4-5-12(17)6-13(11)18/h4-6,10,20-21H,7H2,1-3H3,(H,19,22)/t10-/m1/s1. The summed E-state index contributed by atoms with van der Waals surface area (Å²) in [6, 6.07) is 5.14. The molecule has 0 unspecified atom stereocenters. The third kappa shape index (κ3) is 3.46. The normalized spacial score (nSPS) is 12.3. The molecule has 0 fully saturated rings. The van der Waals surface area contributed by atoms with Crippen LogP contribution < -0.4 is 5.32 Å². The highest BCUT2D eigenvalue weighted by atomic mass is 35.5. The van der Waals surface area contributed by atoms with Gasteiger partial charge < -0.3 is 15.4 Å². The van der Waals surface area contributed by atoms with Gasteiger partial charge in [-0.2, -0.15) is 0 Å². The minimum atomic E-state index is -0.622. The van der Waals surface area contributed by atoms with E-state index in [0.29, 0.717) is 22.3 Å². The van der Waals surface area contributed by atoms with Crippen molar-refractivity contribution in [3.63, 3.8) is 0 Å².